The second-order valence-corrected chi connectivity index (χ2v) is 9.48. The molecule has 2 fully saturated rings. The number of benzene rings is 2. The van der Waals surface area contributed by atoms with Gasteiger partial charge in [0, 0.05) is 32.6 Å². The summed E-state index contributed by atoms with van der Waals surface area (Å²) in [6, 6.07) is 17.7. The number of piperidine rings is 1. The molecule has 3 heterocycles. The molecule has 2 saturated heterocycles. The number of hydrogen-bond acceptors (Lipinski definition) is 7. The third-order valence-electron chi connectivity index (χ3n) is 6.22. The van der Waals surface area contributed by atoms with Crippen LogP contribution in [0.1, 0.15) is 26.2 Å². The van der Waals surface area contributed by atoms with Crippen molar-refractivity contribution in [2.75, 3.05) is 19.6 Å². The zero-order chi connectivity index (χ0) is 22.1. The molecule has 7 nitrogen and oxygen atoms in total. The number of aliphatic hydroxyl groups is 1. The Labute approximate surface area is 191 Å². The fraction of sp³-hybridized carbons (Fsp3) is 0.417. The number of β-amino-alcohol motifs (C(OH)–C–C–N with tert-alkyl or cyclic N) is 1. The van der Waals surface area contributed by atoms with E-state index in [1.807, 2.05) is 66.4 Å². The molecule has 2 atom stereocenters. The van der Waals surface area contributed by atoms with Crippen LogP contribution in [-0.2, 0) is 4.79 Å². The number of nitrogens with zero attached hydrogens (tertiary/aromatic N) is 3. The number of rotatable bonds is 6. The van der Waals surface area contributed by atoms with Crippen LogP contribution in [-0.4, -0.2) is 63.5 Å². The lowest BCUT2D eigenvalue weighted by molar-refractivity contribution is -0.218. The van der Waals surface area contributed by atoms with Gasteiger partial charge in [-0.05, 0) is 37.1 Å². The standard InChI is InChI=1S/C24H27N3O4S/c1-24(30-19-7-3-2-4-8-19,31-23-25-20-9-5-6-10-21(20)32-23)26-13-11-17(12-14-26)27-16-18(28)15-22(27)29/h2-10,17-18,28H,11-16H2,1H3/t18-,24?/m1/s1. The summed E-state index contributed by atoms with van der Waals surface area (Å²) in [4.78, 5) is 20.9. The van der Waals surface area contributed by atoms with Crippen molar-refractivity contribution in [3.63, 3.8) is 0 Å². The van der Waals surface area contributed by atoms with Crippen molar-refractivity contribution in [3.05, 3.63) is 54.6 Å². The largest absolute Gasteiger partial charge is 0.439 e. The van der Waals surface area contributed by atoms with Crippen molar-refractivity contribution in [2.45, 2.75) is 44.2 Å². The van der Waals surface area contributed by atoms with Gasteiger partial charge in [-0.2, -0.15) is 0 Å². The molecule has 2 aliphatic rings. The van der Waals surface area contributed by atoms with Gasteiger partial charge in [0.25, 0.3) is 5.19 Å². The SMILES string of the molecule is CC(Oc1ccccc1)(Oc1nc2ccccc2s1)N1CCC(N2C[C@H](O)CC2=O)CC1. The molecule has 1 N–H and O–H groups in total. The lowest BCUT2D eigenvalue weighted by Crippen LogP contribution is -2.59. The van der Waals surface area contributed by atoms with E-state index in [9.17, 15) is 9.90 Å². The Morgan fingerprint density at radius 1 is 1.06 bits per heavy atom. The highest BCUT2D eigenvalue weighted by Crippen LogP contribution is 2.34. The number of thiazole rings is 1. The number of amides is 1. The van der Waals surface area contributed by atoms with Crippen LogP contribution in [0.3, 0.4) is 0 Å². The smallest absolute Gasteiger partial charge is 0.314 e. The van der Waals surface area contributed by atoms with Gasteiger partial charge in [-0.1, -0.05) is 41.7 Å². The van der Waals surface area contributed by atoms with E-state index in [-0.39, 0.29) is 18.4 Å². The van der Waals surface area contributed by atoms with E-state index < -0.39 is 12.0 Å². The molecule has 168 valence electrons. The Morgan fingerprint density at radius 2 is 1.78 bits per heavy atom. The second-order valence-electron chi connectivity index (χ2n) is 8.48. The predicted octanol–water partition coefficient (Wildman–Crippen LogP) is 3.49. The minimum absolute atomic E-state index is 0.0463. The van der Waals surface area contributed by atoms with Gasteiger partial charge < -0.3 is 19.5 Å². The predicted molar refractivity (Wildman–Crippen MR) is 123 cm³/mol. The van der Waals surface area contributed by atoms with Crippen LogP contribution in [0.15, 0.2) is 54.6 Å². The molecule has 0 bridgehead atoms. The number of aromatic nitrogens is 1. The lowest BCUT2D eigenvalue weighted by atomic mass is 10.0. The average Bonchev–Trinajstić information content (AvgIpc) is 3.35. The maximum Gasteiger partial charge on any atom is 0.314 e. The topological polar surface area (TPSA) is 75.1 Å². The number of likely N-dealkylation sites (tertiary alicyclic amines) is 2. The molecule has 1 amide bonds. The molecule has 2 aromatic carbocycles. The molecule has 1 unspecified atom stereocenters. The molecular formula is C24H27N3O4S. The molecular weight excluding hydrogens is 426 g/mol. The molecule has 5 rings (SSSR count). The van der Waals surface area contributed by atoms with Crippen molar-refractivity contribution >= 4 is 27.5 Å². The Kier molecular flexibility index (Phi) is 5.75. The highest BCUT2D eigenvalue weighted by molar-refractivity contribution is 7.20. The van der Waals surface area contributed by atoms with Crippen LogP contribution >= 0.6 is 11.3 Å². The molecule has 0 aliphatic carbocycles. The quantitative estimate of drug-likeness (QED) is 0.576. The third kappa shape index (κ3) is 4.30. The van der Waals surface area contributed by atoms with Crippen molar-refractivity contribution in [2.24, 2.45) is 0 Å². The minimum atomic E-state index is -1.05. The van der Waals surface area contributed by atoms with Crippen LogP contribution < -0.4 is 9.47 Å². The number of fused-ring (bicyclic) bond motifs is 1. The molecule has 0 radical (unpaired) electrons. The number of carbonyl (C=O) groups is 1. The third-order valence-corrected chi connectivity index (χ3v) is 7.13. The maximum atomic E-state index is 12.2. The molecule has 2 aliphatic heterocycles. The van der Waals surface area contributed by atoms with Gasteiger partial charge >= 0.3 is 5.91 Å². The summed E-state index contributed by atoms with van der Waals surface area (Å²) in [5, 5.41) is 10.4. The Bertz CT molecular complexity index is 1050. The highest BCUT2D eigenvalue weighted by Gasteiger charge is 2.42. The van der Waals surface area contributed by atoms with E-state index in [2.05, 4.69) is 9.88 Å². The summed E-state index contributed by atoms with van der Waals surface area (Å²) >= 11 is 1.50. The molecule has 0 spiro atoms. The molecule has 8 heteroatoms. The highest BCUT2D eigenvalue weighted by atomic mass is 32.1. The number of carbonyl (C=O) groups excluding carboxylic acids is 1. The van der Waals surface area contributed by atoms with Gasteiger partial charge in [-0.3, -0.25) is 4.79 Å². The van der Waals surface area contributed by atoms with Crippen molar-refractivity contribution in [1.29, 1.82) is 0 Å². The minimum Gasteiger partial charge on any atom is -0.439 e. The fourth-order valence-corrected chi connectivity index (χ4v) is 5.46. The van der Waals surface area contributed by atoms with Gasteiger partial charge in [-0.15, -0.1) is 0 Å². The fourth-order valence-electron chi connectivity index (χ4n) is 4.56. The molecule has 1 aromatic heterocycles. The van der Waals surface area contributed by atoms with Gasteiger partial charge in [0.1, 0.15) is 5.75 Å². The Balaban J connectivity index is 1.35. The van der Waals surface area contributed by atoms with Gasteiger partial charge in [0.2, 0.25) is 5.91 Å². The number of para-hydroxylation sites is 2. The van der Waals surface area contributed by atoms with E-state index in [0.717, 1.165) is 28.8 Å². The van der Waals surface area contributed by atoms with Crippen LogP contribution in [0.4, 0.5) is 0 Å². The maximum absolute atomic E-state index is 12.2. The van der Waals surface area contributed by atoms with Crippen molar-refractivity contribution < 1.29 is 19.4 Å². The van der Waals surface area contributed by atoms with Crippen molar-refractivity contribution in [3.8, 4) is 10.9 Å². The van der Waals surface area contributed by atoms with Gasteiger partial charge in [0.05, 0.1) is 22.7 Å². The Hall–Kier alpha value is -2.68. The molecule has 0 saturated carbocycles. The molecule has 3 aromatic rings. The summed E-state index contributed by atoms with van der Waals surface area (Å²) in [5.41, 5.74) is 0.902. The number of ether oxygens (including phenoxy) is 2. The molecule has 32 heavy (non-hydrogen) atoms. The summed E-state index contributed by atoms with van der Waals surface area (Å²) in [5.74, 6) is -0.282. The first-order valence-electron chi connectivity index (χ1n) is 11.0. The van der Waals surface area contributed by atoms with Crippen LogP contribution in [0.2, 0.25) is 0 Å². The summed E-state index contributed by atoms with van der Waals surface area (Å²) in [6.07, 6.45) is 1.29. The van der Waals surface area contributed by atoms with E-state index in [1.54, 1.807) is 0 Å². The van der Waals surface area contributed by atoms with Gasteiger partial charge in [-0.25, -0.2) is 9.88 Å². The van der Waals surface area contributed by atoms with E-state index in [0.29, 0.717) is 24.8 Å². The summed E-state index contributed by atoms with van der Waals surface area (Å²) in [6.45, 7) is 3.78. The average molecular weight is 454 g/mol. The lowest BCUT2D eigenvalue weighted by Gasteiger charge is -2.44. The Morgan fingerprint density at radius 3 is 2.47 bits per heavy atom. The van der Waals surface area contributed by atoms with E-state index in [4.69, 9.17) is 9.47 Å². The second kappa shape index (κ2) is 8.69. The number of aliphatic hydroxyl groups excluding tert-OH is 1. The first kappa shape index (κ1) is 21.2. The first-order valence-corrected chi connectivity index (χ1v) is 11.8. The van der Waals surface area contributed by atoms with Crippen LogP contribution in [0.5, 0.6) is 10.9 Å². The normalized spacial score (nSPS) is 22.2. The van der Waals surface area contributed by atoms with Crippen molar-refractivity contribution in [1.82, 2.24) is 14.8 Å². The summed E-state index contributed by atoms with van der Waals surface area (Å²) < 4.78 is 13.9. The zero-order valence-electron chi connectivity index (χ0n) is 18.0. The van der Waals surface area contributed by atoms with Crippen LogP contribution in [0.25, 0.3) is 10.2 Å². The van der Waals surface area contributed by atoms with E-state index >= 15 is 0 Å². The van der Waals surface area contributed by atoms with Gasteiger partial charge in [0.15, 0.2) is 0 Å². The first-order chi connectivity index (χ1) is 15.5. The van der Waals surface area contributed by atoms with Crippen LogP contribution in [0, 0.1) is 0 Å². The number of hydrogen-bond donors (Lipinski definition) is 1. The summed E-state index contributed by atoms with van der Waals surface area (Å²) in [7, 11) is 0. The van der Waals surface area contributed by atoms with E-state index in [1.165, 1.54) is 11.3 Å². The monoisotopic (exact) mass is 453 g/mol. The zero-order valence-corrected chi connectivity index (χ0v) is 18.8.